The number of ether oxygens (including phenoxy) is 1. The zero-order valence-electron chi connectivity index (χ0n) is 19.2. The van der Waals surface area contributed by atoms with E-state index in [1.165, 1.54) is 35.4 Å². The molecule has 2 aliphatic heterocycles. The predicted molar refractivity (Wildman–Crippen MR) is 131 cm³/mol. The summed E-state index contributed by atoms with van der Waals surface area (Å²) in [7, 11) is -3.14. The van der Waals surface area contributed by atoms with Crippen LogP contribution >= 0.6 is 0 Å². The molecule has 8 heteroatoms. The average Bonchev–Trinajstić information content (AvgIpc) is 3.25. The molecule has 0 aliphatic carbocycles. The Hall–Kier alpha value is -2.58. The number of fused-ring (bicyclic) bond motifs is 2. The Bertz CT molecular complexity index is 1180. The van der Waals surface area contributed by atoms with E-state index in [0.29, 0.717) is 13.1 Å². The number of benzene rings is 2. The van der Waals surface area contributed by atoms with Crippen LogP contribution in [0, 0.1) is 5.92 Å². The Balaban J connectivity index is 1.05. The van der Waals surface area contributed by atoms with Gasteiger partial charge < -0.3 is 14.6 Å². The van der Waals surface area contributed by atoms with Crippen LogP contribution in [0.15, 0.2) is 42.5 Å². The largest absolute Gasteiger partial charge is 0.494 e. The summed E-state index contributed by atoms with van der Waals surface area (Å²) in [5.41, 5.74) is 4.41. The molecule has 0 spiro atoms. The van der Waals surface area contributed by atoms with Crippen LogP contribution in [0.4, 0.5) is 5.95 Å². The first-order valence-electron chi connectivity index (χ1n) is 11.8. The van der Waals surface area contributed by atoms with Gasteiger partial charge in [0.2, 0.25) is 16.0 Å². The molecule has 0 radical (unpaired) electrons. The molecule has 1 aromatic heterocycles. The smallest absolute Gasteiger partial charge is 0.211 e. The highest BCUT2D eigenvalue weighted by atomic mass is 32.2. The minimum atomic E-state index is -3.14. The highest BCUT2D eigenvalue weighted by Gasteiger charge is 2.24. The maximum absolute atomic E-state index is 11.8. The van der Waals surface area contributed by atoms with Gasteiger partial charge in [-0.1, -0.05) is 18.2 Å². The number of anilines is 1. The first-order chi connectivity index (χ1) is 16.0. The van der Waals surface area contributed by atoms with Crippen molar-refractivity contribution in [3.05, 3.63) is 53.6 Å². The van der Waals surface area contributed by atoms with E-state index in [1.54, 1.807) is 0 Å². The van der Waals surface area contributed by atoms with E-state index in [1.807, 2.05) is 24.3 Å². The molecular weight excluding hydrogens is 436 g/mol. The van der Waals surface area contributed by atoms with E-state index in [9.17, 15) is 8.42 Å². The van der Waals surface area contributed by atoms with E-state index in [4.69, 9.17) is 9.72 Å². The highest BCUT2D eigenvalue weighted by molar-refractivity contribution is 7.88. The molecule has 2 aromatic carbocycles. The number of hydrogen-bond acceptors (Lipinski definition) is 5. The van der Waals surface area contributed by atoms with Crippen LogP contribution in [0.1, 0.15) is 36.8 Å². The van der Waals surface area contributed by atoms with Crippen LogP contribution < -0.4 is 9.64 Å². The van der Waals surface area contributed by atoms with Gasteiger partial charge in [-0.05, 0) is 73.4 Å². The van der Waals surface area contributed by atoms with Crippen molar-refractivity contribution in [2.24, 2.45) is 5.92 Å². The summed E-state index contributed by atoms with van der Waals surface area (Å²) in [6, 6.07) is 14.3. The third kappa shape index (κ3) is 5.17. The van der Waals surface area contributed by atoms with Gasteiger partial charge in [0, 0.05) is 26.2 Å². The molecule has 176 valence electrons. The number of nitrogens with one attached hydrogen (secondary N) is 1. The van der Waals surface area contributed by atoms with Crippen LogP contribution in [-0.4, -0.2) is 55.2 Å². The van der Waals surface area contributed by atoms with Crippen LogP contribution in [0.5, 0.6) is 5.75 Å². The summed E-state index contributed by atoms with van der Waals surface area (Å²) in [6.07, 6.45) is 6.62. The Morgan fingerprint density at radius 3 is 2.70 bits per heavy atom. The van der Waals surface area contributed by atoms with Crippen molar-refractivity contribution in [3.8, 4) is 5.75 Å². The highest BCUT2D eigenvalue weighted by Crippen LogP contribution is 2.27. The number of hydrogen-bond donors (Lipinski definition) is 1. The molecule has 1 saturated heterocycles. The number of aromatic amines is 1. The number of H-pyrrole nitrogens is 1. The van der Waals surface area contributed by atoms with Gasteiger partial charge >= 0.3 is 0 Å². The third-order valence-electron chi connectivity index (χ3n) is 6.94. The Kier molecular flexibility index (Phi) is 6.29. The van der Waals surface area contributed by atoms with Crippen LogP contribution in [0.2, 0.25) is 0 Å². The predicted octanol–water partition coefficient (Wildman–Crippen LogP) is 3.96. The fraction of sp³-hybridized carbons (Fsp3) is 0.480. The zero-order valence-corrected chi connectivity index (χ0v) is 20.0. The summed E-state index contributed by atoms with van der Waals surface area (Å²) < 4.78 is 31.1. The molecule has 3 aromatic rings. The van der Waals surface area contributed by atoms with Gasteiger partial charge in [0.05, 0.1) is 23.9 Å². The normalized spacial score (nSPS) is 17.9. The number of rotatable bonds is 7. The lowest BCUT2D eigenvalue weighted by Crippen LogP contribution is -2.35. The second-order valence-electron chi connectivity index (χ2n) is 9.28. The van der Waals surface area contributed by atoms with Crippen molar-refractivity contribution in [1.29, 1.82) is 0 Å². The number of aromatic nitrogens is 2. The van der Waals surface area contributed by atoms with Gasteiger partial charge in [-0.15, -0.1) is 0 Å². The van der Waals surface area contributed by atoms with Gasteiger partial charge in [-0.25, -0.2) is 13.4 Å². The van der Waals surface area contributed by atoms with E-state index >= 15 is 0 Å². The lowest BCUT2D eigenvalue weighted by molar-refractivity contribution is 0.278. The summed E-state index contributed by atoms with van der Waals surface area (Å²) in [4.78, 5) is 10.5. The van der Waals surface area contributed by atoms with Crippen molar-refractivity contribution in [2.75, 3.05) is 37.4 Å². The maximum Gasteiger partial charge on any atom is 0.211 e. The molecular formula is C25H32N4O3S. The van der Waals surface area contributed by atoms with Crippen molar-refractivity contribution < 1.29 is 13.2 Å². The summed E-state index contributed by atoms with van der Waals surface area (Å²) in [6.45, 7) is 3.81. The molecule has 0 amide bonds. The van der Waals surface area contributed by atoms with Crippen LogP contribution in [0.3, 0.4) is 0 Å². The fourth-order valence-corrected chi connectivity index (χ4v) is 5.76. The van der Waals surface area contributed by atoms with Crippen molar-refractivity contribution in [2.45, 2.75) is 38.6 Å². The summed E-state index contributed by atoms with van der Waals surface area (Å²) >= 11 is 0. The second-order valence-corrected chi connectivity index (χ2v) is 11.3. The van der Waals surface area contributed by atoms with Gasteiger partial charge in [0.25, 0.3) is 0 Å². The Morgan fingerprint density at radius 1 is 1.09 bits per heavy atom. The molecule has 3 heterocycles. The van der Waals surface area contributed by atoms with Crippen molar-refractivity contribution in [3.63, 3.8) is 0 Å². The molecule has 0 unspecified atom stereocenters. The number of para-hydroxylation sites is 2. The molecule has 1 fully saturated rings. The lowest BCUT2D eigenvalue weighted by atomic mass is 9.92. The lowest BCUT2D eigenvalue weighted by Gasteiger charge is -2.31. The third-order valence-corrected chi connectivity index (χ3v) is 8.19. The number of nitrogens with zero attached hydrogens (tertiary/aromatic N) is 3. The first-order valence-corrected chi connectivity index (χ1v) is 13.7. The standard InChI is InChI=1S/C25H32N4O3S/c1-33(30,31)29-15-12-20-17-22(9-8-21(20)18-29)32-16-4-5-19-10-13-28(14-11-19)25-26-23-6-2-3-7-24(23)27-25/h2-3,6-9,17,19H,4-5,10-16,18H2,1H3,(H,26,27). The van der Waals surface area contributed by atoms with Crippen LogP contribution in [-0.2, 0) is 23.0 Å². The molecule has 33 heavy (non-hydrogen) atoms. The molecule has 0 atom stereocenters. The van der Waals surface area contributed by atoms with Crippen LogP contribution in [0.25, 0.3) is 11.0 Å². The molecule has 7 nitrogen and oxygen atoms in total. The maximum atomic E-state index is 11.8. The topological polar surface area (TPSA) is 78.5 Å². The van der Waals surface area contributed by atoms with Gasteiger partial charge in [0.1, 0.15) is 5.75 Å². The van der Waals surface area contributed by atoms with Gasteiger partial charge in [-0.3, -0.25) is 0 Å². The first kappa shape index (κ1) is 22.2. The van der Waals surface area contributed by atoms with E-state index < -0.39 is 10.0 Å². The monoisotopic (exact) mass is 468 g/mol. The van der Waals surface area contributed by atoms with E-state index in [2.05, 4.69) is 28.1 Å². The van der Waals surface area contributed by atoms with Gasteiger partial charge in [-0.2, -0.15) is 4.31 Å². The molecule has 0 bridgehead atoms. The minimum Gasteiger partial charge on any atom is -0.494 e. The summed E-state index contributed by atoms with van der Waals surface area (Å²) in [5.74, 6) is 2.62. The molecule has 1 N–H and O–H groups in total. The molecule has 2 aliphatic rings. The van der Waals surface area contributed by atoms with Crippen molar-refractivity contribution in [1.82, 2.24) is 14.3 Å². The van der Waals surface area contributed by atoms with Crippen molar-refractivity contribution >= 4 is 27.0 Å². The summed E-state index contributed by atoms with van der Waals surface area (Å²) in [5, 5.41) is 0. The second kappa shape index (κ2) is 9.35. The molecule has 0 saturated carbocycles. The number of sulfonamides is 1. The Labute approximate surface area is 195 Å². The van der Waals surface area contributed by atoms with E-state index in [0.717, 1.165) is 66.8 Å². The van der Waals surface area contributed by atoms with E-state index in [-0.39, 0.29) is 0 Å². The molecule has 5 rings (SSSR count). The fourth-order valence-electron chi connectivity index (χ4n) is 4.96. The average molecular weight is 469 g/mol. The van der Waals surface area contributed by atoms with Gasteiger partial charge in [0.15, 0.2) is 0 Å². The quantitative estimate of drug-likeness (QED) is 0.531. The minimum absolute atomic E-state index is 0.459. The SMILES string of the molecule is CS(=O)(=O)N1CCc2cc(OCCCC3CCN(c4nc5ccccc5[nH]4)CC3)ccc2C1. The zero-order chi connectivity index (χ0) is 22.8. The number of piperidine rings is 1. The number of imidazole rings is 1. The Morgan fingerprint density at radius 2 is 1.91 bits per heavy atom.